The molecule has 2 rings (SSSR count). The van der Waals surface area contributed by atoms with Crippen LogP contribution in [-0.2, 0) is 4.79 Å². The van der Waals surface area contributed by atoms with Crippen LogP contribution in [0.5, 0.6) is 0 Å². The number of carboxylic acids is 1. The average molecular weight is 221 g/mol. The van der Waals surface area contributed by atoms with Gasteiger partial charge in [-0.1, -0.05) is 6.07 Å². The monoisotopic (exact) mass is 221 g/mol. The van der Waals surface area contributed by atoms with Crippen molar-refractivity contribution in [3.63, 3.8) is 0 Å². The SMILES string of the molecule is O=C(O)CN1CCN(c2ccccn2)CC1. The van der Waals surface area contributed by atoms with E-state index in [9.17, 15) is 4.79 Å². The first kappa shape index (κ1) is 10.9. The molecule has 1 aliphatic rings. The summed E-state index contributed by atoms with van der Waals surface area (Å²) in [7, 11) is 0. The molecule has 0 unspecified atom stereocenters. The van der Waals surface area contributed by atoms with Gasteiger partial charge in [0, 0.05) is 32.4 Å². The Hall–Kier alpha value is -1.62. The van der Waals surface area contributed by atoms with Crippen molar-refractivity contribution in [3.8, 4) is 0 Å². The molecule has 1 fully saturated rings. The summed E-state index contributed by atoms with van der Waals surface area (Å²) in [5, 5.41) is 8.68. The number of hydrogen-bond acceptors (Lipinski definition) is 4. The first-order valence-electron chi connectivity index (χ1n) is 5.36. The van der Waals surface area contributed by atoms with Gasteiger partial charge >= 0.3 is 5.97 Å². The van der Waals surface area contributed by atoms with Crippen LogP contribution < -0.4 is 4.90 Å². The van der Waals surface area contributed by atoms with Crippen LogP contribution in [0.4, 0.5) is 5.82 Å². The maximum atomic E-state index is 10.6. The summed E-state index contributed by atoms with van der Waals surface area (Å²) in [5.41, 5.74) is 0. The van der Waals surface area contributed by atoms with E-state index in [1.165, 1.54) is 0 Å². The summed E-state index contributed by atoms with van der Waals surface area (Å²) < 4.78 is 0. The smallest absolute Gasteiger partial charge is 0.317 e. The molecule has 0 bridgehead atoms. The second-order valence-electron chi connectivity index (χ2n) is 3.84. The highest BCUT2D eigenvalue weighted by Crippen LogP contribution is 2.11. The third-order valence-corrected chi connectivity index (χ3v) is 2.70. The summed E-state index contributed by atoms with van der Waals surface area (Å²) in [6, 6.07) is 5.84. The van der Waals surface area contributed by atoms with Gasteiger partial charge in [-0.3, -0.25) is 9.69 Å². The number of carboxylic acid groups (broad SMARTS) is 1. The molecule has 1 aromatic rings. The molecule has 1 saturated heterocycles. The molecule has 2 heterocycles. The van der Waals surface area contributed by atoms with Gasteiger partial charge in [0.15, 0.2) is 0 Å². The quantitative estimate of drug-likeness (QED) is 0.795. The summed E-state index contributed by atoms with van der Waals surface area (Å²) in [5.74, 6) is 0.212. The van der Waals surface area contributed by atoms with E-state index >= 15 is 0 Å². The van der Waals surface area contributed by atoms with Gasteiger partial charge in [0.05, 0.1) is 6.54 Å². The summed E-state index contributed by atoms with van der Waals surface area (Å²) in [6.07, 6.45) is 1.78. The molecule has 1 aromatic heterocycles. The van der Waals surface area contributed by atoms with E-state index in [0.717, 1.165) is 32.0 Å². The molecule has 86 valence electrons. The van der Waals surface area contributed by atoms with Crippen molar-refractivity contribution in [2.24, 2.45) is 0 Å². The minimum Gasteiger partial charge on any atom is -0.480 e. The maximum Gasteiger partial charge on any atom is 0.317 e. The van der Waals surface area contributed by atoms with Gasteiger partial charge in [0.2, 0.25) is 0 Å². The molecular formula is C11H15N3O2. The van der Waals surface area contributed by atoms with Crippen LogP contribution in [0, 0.1) is 0 Å². The first-order valence-corrected chi connectivity index (χ1v) is 5.36. The molecule has 1 N–H and O–H groups in total. The highest BCUT2D eigenvalue weighted by Gasteiger charge is 2.18. The molecule has 5 nitrogen and oxygen atoms in total. The predicted octanol–water partition coefficient (Wildman–Crippen LogP) is 0.288. The predicted molar refractivity (Wildman–Crippen MR) is 60.5 cm³/mol. The number of nitrogens with zero attached hydrogens (tertiary/aromatic N) is 3. The van der Waals surface area contributed by atoms with Gasteiger partial charge < -0.3 is 10.0 Å². The molecule has 5 heteroatoms. The zero-order valence-corrected chi connectivity index (χ0v) is 9.04. The van der Waals surface area contributed by atoms with Crippen LogP contribution in [-0.4, -0.2) is 53.7 Å². The van der Waals surface area contributed by atoms with Crippen molar-refractivity contribution in [2.45, 2.75) is 0 Å². The second kappa shape index (κ2) is 4.94. The highest BCUT2D eigenvalue weighted by molar-refractivity contribution is 5.69. The van der Waals surface area contributed by atoms with Crippen LogP contribution in [0.25, 0.3) is 0 Å². The molecule has 0 atom stereocenters. The van der Waals surface area contributed by atoms with E-state index in [1.807, 2.05) is 23.1 Å². The number of rotatable bonds is 3. The Labute approximate surface area is 94.3 Å². The van der Waals surface area contributed by atoms with Crippen LogP contribution >= 0.6 is 0 Å². The highest BCUT2D eigenvalue weighted by atomic mass is 16.4. The van der Waals surface area contributed by atoms with Gasteiger partial charge in [-0.15, -0.1) is 0 Å². The molecular weight excluding hydrogens is 206 g/mol. The number of pyridine rings is 1. The number of aromatic nitrogens is 1. The number of anilines is 1. The van der Waals surface area contributed by atoms with Crippen molar-refractivity contribution in [1.29, 1.82) is 0 Å². The normalized spacial score (nSPS) is 17.4. The van der Waals surface area contributed by atoms with Gasteiger partial charge in [-0.05, 0) is 12.1 Å². The van der Waals surface area contributed by atoms with Crippen molar-refractivity contribution in [2.75, 3.05) is 37.6 Å². The Morgan fingerprint density at radius 3 is 2.62 bits per heavy atom. The lowest BCUT2D eigenvalue weighted by molar-refractivity contribution is -0.138. The fraction of sp³-hybridized carbons (Fsp3) is 0.455. The van der Waals surface area contributed by atoms with Crippen molar-refractivity contribution < 1.29 is 9.90 Å². The maximum absolute atomic E-state index is 10.6. The number of carbonyl (C=O) groups is 1. The van der Waals surface area contributed by atoms with E-state index < -0.39 is 5.97 Å². The van der Waals surface area contributed by atoms with Crippen LogP contribution in [0.15, 0.2) is 24.4 Å². The Morgan fingerprint density at radius 1 is 1.31 bits per heavy atom. The molecule has 1 aliphatic heterocycles. The molecule has 0 aromatic carbocycles. The van der Waals surface area contributed by atoms with E-state index in [-0.39, 0.29) is 6.54 Å². The molecule has 0 spiro atoms. The average Bonchev–Trinajstić information content (AvgIpc) is 2.30. The molecule has 0 radical (unpaired) electrons. The summed E-state index contributed by atoms with van der Waals surface area (Å²) in [4.78, 5) is 19.0. The van der Waals surface area contributed by atoms with E-state index in [2.05, 4.69) is 9.88 Å². The third-order valence-electron chi connectivity index (χ3n) is 2.70. The zero-order valence-electron chi connectivity index (χ0n) is 9.04. The lowest BCUT2D eigenvalue weighted by Gasteiger charge is -2.34. The number of aliphatic carboxylic acids is 1. The minimum absolute atomic E-state index is 0.135. The molecule has 16 heavy (non-hydrogen) atoms. The Bertz CT molecular complexity index is 348. The molecule has 0 amide bonds. The Kier molecular flexibility index (Phi) is 3.36. The van der Waals surface area contributed by atoms with Gasteiger partial charge in [0.1, 0.15) is 5.82 Å². The first-order chi connectivity index (χ1) is 7.75. The van der Waals surface area contributed by atoms with Gasteiger partial charge in [0.25, 0.3) is 0 Å². The lowest BCUT2D eigenvalue weighted by Crippen LogP contribution is -2.48. The van der Waals surface area contributed by atoms with E-state index in [0.29, 0.717) is 0 Å². The van der Waals surface area contributed by atoms with Crippen molar-refractivity contribution in [3.05, 3.63) is 24.4 Å². The topological polar surface area (TPSA) is 56.7 Å². The number of piperazine rings is 1. The molecule has 0 saturated carbocycles. The largest absolute Gasteiger partial charge is 0.480 e. The standard InChI is InChI=1S/C11H15N3O2/c15-11(16)9-13-5-7-14(8-6-13)10-3-1-2-4-12-10/h1-4H,5-9H2,(H,15,16). The van der Waals surface area contributed by atoms with E-state index in [4.69, 9.17) is 5.11 Å². The van der Waals surface area contributed by atoms with Crippen LogP contribution in [0.3, 0.4) is 0 Å². The fourth-order valence-corrected chi connectivity index (χ4v) is 1.87. The van der Waals surface area contributed by atoms with Crippen LogP contribution in [0.1, 0.15) is 0 Å². The van der Waals surface area contributed by atoms with Crippen molar-refractivity contribution in [1.82, 2.24) is 9.88 Å². The number of hydrogen-bond donors (Lipinski definition) is 1. The van der Waals surface area contributed by atoms with E-state index in [1.54, 1.807) is 6.20 Å². The third kappa shape index (κ3) is 2.70. The lowest BCUT2D eigenvalue weighted by atomic mass is 10.3. The molecule has 0 aliphatic carbocycles. The summed E-state index contributed by atoms with van der Waals surface area (Å²) in [6.45, 7) is 3.37. The van der Waals surface area contributed by atoms with Gasteiger partial charge in [-0.2, -0.15) is 0 Å². The Balaban J connectivity index is 1.88. The van der Waals surface area contributed by atoms with Crippen molar-refractivity contribution >= 4 is 11.8 Å². The van der Waals surface area contributed by atoms with Crippen LogP contribution in [0.2, 0.25) is 0 Å². The zero-order chi connectivity index (χ0) is 11.4. The minimum atomic E-state index is -0.758. The summed E-state index contributed by atoms with van der Waals surface area (Å²) >= 11 is 0. The Morgan fingerprint density at radius 2 is 2.06 bits per heavy atom. The second-order valence-corrected chi connectivity index (χ2v) is 3.84. The fourth-order valence-electron chi connectivity index (χ4n) is 1.87. The van der Waals surface area contributed by atoms with Gasteiger partial charge in [-0.25, -0.2) is 4.98 Å².